The van der Waals surface area contributed by atoms with E-state index < -0.39 is 17.7 Å². The number of aromatic nitrogens is 2. The van der Waals surface area contributed by atoms with Crippen molar-refractivity contribution in [3.63, 3.8) is 0 Å². The average molecular weight is 339 g/mol. The van der Waals surface area contributed by atoms with Crippen molar-refractivity contribution in [2.45, 2.75) is 71.4 Å². The Kier molecular flexibility index (Phi) is 4.80. The molecule has 1 amide bonds. The predicted molar refractivity (Wildman–Crippen MR) is 88.7 cm³/mol. The standard InChI is InChI=1S/C16H25N3O3S/c1-15(2,3)13-17-12(23-18-13)9-11(20)10-7-8-19(10)14(21)22-16(4,5)6/h10H,7-9H2,1-6H3/t10-/m0/s1. The smallest absolute Gasteiger partial charge is 0.410 e. The molecule has 1 aliphatic rings. The second-order valence-corrected chi connectivity index (χ2v) is 8.72. The molecule has 1 aliphatic heterocycles. The highest BCUT2D eigenvalue weighted by Gasteiger charge is 2.39. The van der Waals surface area contributed by atoms with Crippen LogP contribution in [0.3, 0.4) is 0 Å². The number of nitrogens with zero attached hydrogens (tertiary/aromatic N) is 3. The number of hydrogen-bond acceptors (Lipinski definition) is 6. The van der Waals surface area contributed by atoms with Gasteiger partial charge in [0.1, 0.15) is 16.4 Å². The molecule has 0 saturated carbocycles. The molecule has 6 nitrogen and oxygen atoms in total. The Morgan fingerprint density at radius 3 is 2.35 bits per heavy atom. The summed E-state index contributed by atoms with van der Waals surface area (Å²) in [5.41, 5.74) is -0.683. The summed E-state index contributed by atoms with van der Waals surface area (Å²) in [5.74, 6) is 0.752. The maximum absolute atomic E-state index is 12.4. The molecule has 1 aromatic rings. The number of ether oxygens (including phenoxy) is 1. The van der Waals surface area contributed by atoms with Gasteiger partial charge in [0.25, 0.3) is 0 Å². The van der Waals surface area contributed by atoms with Gasteiger partial charge in [0.15, 0.2) is 5.78 Å². The Balaban J connectivity index is 1.96. The highest BCUT2D eigenvalue weighted by molar-refractivity contribution is 7.05. The van der Waals surface area contributed by atoms with E-state index in [2.05, 4.69) is 9.36 Å². The quantitative estimate of drug-likeness (QED) is 0.846. The minimum atomic E-state index is -0.554. The maximum Gasteiger partial charge on any atom is 0.410 e. The molecule has 2 heterocycles. The third-order valence-electron chi connectivity index (χ3n) is 3.48. The van der Waals surface area contributed by atoms with E-state index in [1.807, 2.05) is 41.5 Å². The van der Waals surface area contributed by atoms with Gasteiger partial charge in [-0.2, -0.15) is 4.37 Å². The lowest BCUT2D eigenvalue weighted by molar-refractivity contribution is -0.127. The number of rotatable bonds is 3. The molecule has 0 bridgehead atoms. The summed E-state index contributed by atoms with van der Waals surface area (Å²) in [6, 6.07) is -0.396. The summed E-state index contributed by atoms with van der Waals surface area (Å²) in [4.78, 5) is 30.4. The molecule has 0 unspecified atom stereocenters. The van der Waals surface area contributed by atoms with E-state index in [1.165, 1.54) is 16.4 Å². The zero-order valence-electron chi connectivity index (χ0n) is 14.7. The molecule has 0 N–H and O–H groups in total. The van der Waals surface area contributed by atoms with E-state index in [-0.39, 0.29) is 17.6 Å². The first kappa shape index (κ1) is 17.8. The van der Waals surface area contributed by atoms with Crippen LogP contribution in [0.15, 0.2) is 0 Å². The van der Waals surface area contributed by atoms with Crippen LogP contribution in [0, 0.1) is 0 Å². The normalized spacial score (nSPS) is 18.5. The van der Waals surface area contributed by atoms with Gasteiger partial charge in [-0.1, -0.05) is 20.8 Å². The van der Waals surface area contributed by atoms with Crippen LogP contribution in [0.2, 0.25) is 0 Å². The van der Waals surface area contributed by atoms with Crippen molar-refractivity contribution in [2.75, 3.05) is 6.54 Å². The summed E-state index contributed by atoms with van der Waals surface area (Å²) in [6.07, 6.45) is 0.482. The Hall–Kier alpha value is -1.50. The first-order valence-electron chi connectivity index (χ1n) is 7.83. The average Bonchev–Trinajstić information content (AvgIpc) is 2.72. The lowest BCUT2D eigenvalue weighted by atomic mass is 9.96. The van der Waals surface area contributed by atoms with Crippen LogP contribution in [-0.4, -0.2) is 44.3 Å². The highest BCUT2D eigenvalue weighted by Crippen LogP contribution is 2.25. The van der Waals surface area contributed by atoms with Gasteiger partial charge in [-0.25, -0.2) is 9.78 Å². The van der Waals surface area contributed by atoms with Gasteiger partial charge in [-0.3, -0.25) is 9.69 Å². The first-order chi connectivity index (χ1) is 10.5. The van der Waals surface area contributed by atoms with Crippen molar-refractivity contribution >= 4 is 23.4 Å². The lowest BCUT2D eigenvalue weighted by Gasteiger charge is -2.40. The topological polar surface area (TPSA) is 72.4 Å². The molecule has 7 heteroatoms. The molecule has 1 fully saturated rings. The fraction of sp³-hybridized carbons (Fsp3) is 0.750. The number of carbonyl (C=O) groups excluding carboxylic acids is 2. The molecule has 128 valence electrons. The Labute approximate surface area is 141 Å². The second kappa shape index (κ2) is 6.19. The minimum Gasteiger partial charge on any atom is -0.444 e. The fourth-order valence-corrected chi connectivity index (χ4v) is 3.00. The van der Waals surface area contributed by atoms with E-state index in [4.69, 9.17) is 4.74 Å². The number of amides is 1. The molecule has 0 spiro atoms. The third kappa shape index (κ3) is 4.50. The van der Waals surface area contributed by atoms with Crippen molar-refractivity contribution in [1.29, 1.82) is 0 Å². The zero-order chi connectivity index (χ0) is 17.4. The molecule has 1 saturated heterocycles. The van der Waals surface area contributed by atoms with Crippen molar-refractivity contribution in [2.24, 2.45) is 0 Å². The van der Waals surface area contributed by atoms with Crippen molar-refractivity contribution in [3.8, 4) is 0 Å². The number of carbonyl (C=O) groups is 2. The molecular formula is C16H25N3O3S. The van der Waals surface area contributed by atoms with Crippen LogP contribution in [0.25, 0.3) is 0 Å². The number of hydrogen-bond donors (Lipinski definition) is 0. The van der Waals surface area contributed by atoms with Crippen LogP contribution in [0.5, 0.6) is 0 Å². The van der Waals surface area contributed by atoms with Crippen molar-refractivity contribution < 1.29 is 14.3 Å². The minimum absolute atomic E-state index is 0.00119. The van der Waals surface area contributed by atoms with Crippen molar-refractivity contribution in [3.05, 3.63) is 10.8 Å². The predicted octanol–water partition coefficient (Wildman–Crippen LogP) is 2.96. The van der Waals surface area contributed by atoms with Crippen LogP contribution in [0.4, 0.5) is 4.79 Å². The summed E-state index contributed by atoms with van der Waals surface area (Å²) in [7, 11) is 0. The summed E-state index contributed by atoms with van der Waals surface area (Å²) < 4.78 is 9.65. The molecule has 0 radical (unpaired) electrons. The van der Waals surface area contributed by atoms with Gasteiger partial charge in [-0.05, 0) is 38.7 Å². The number of ketones is 1. The van der Waals surface area contributed by atoms with Crippen LogP contribution in [-0.2, 0) is 21.4 Å². The SMILES string of the molecule is CC(C)(C)OC(=O)N1CC[C@H]1C(=O)Cc1nc(C(C)(C)C)ns1. The lowest BCUT2D eigenvalue weighted by Crippen LogP contribution is -2.56. The van der Waals surface area contributed by atoms with E-state index in [9.17, 15) is 9.59 Å². The van der Waals surface area contributed by atoms with E-state index in [0.717, 1.165) is 5.82 Å². The molecule has 0 aliphatic carbocycles. The summed E-state index contributed by atoms with van der Waals surface area (Å²) in [5, 5.41) is 0.705. The number of likely N-dealkylation sites (tertiary alicyclic amines) is 1. The van der Waals surface area contributed by atoms with E-state index >= 15 is 0 Å². The fourth-order valence-electron chi connectivity index (χ4n) is 2.16. The number of Topliss-reactive ketones (excluding diaryl/α,β-unsaturated/α-hetero) is 1. The van der Waals surface area contributed by atoms with Gasteiger partial charge >= 0.3 is 6.09 Å². The van der Waals surface area contributed by atoms with Gasteiger partial charge in [-0.15, -0.1) is 0 Å². The van der Waals surface area contributed by atoms with Crippen molar-refractivity contribution in [1.82, 2.24) is 14.3 Å². The summed E-state index contributed by atoms with van der Waals surface area (Å²) >= 11 is 1.26. The Bertz CT molecular complexity index is 598. The molecular weight excluding hydrogens is 314 g/mol. The largest absolute Gasteiger partial charge is 0.444 e. The van der Waals surface area contributed by atoms with Gasteiger partial charge in [0.05, 0.1) is 12.5 Å². The first-order valence-corrected chi connectivity index (χ1v) is 8.60. The van der Waals surface area contributed by atoms with Crippen LogP contribution >= 0.6 is 11.5 Å². The third-order valence-corrected chi connectivity index (χ3v) is 4.19. The maximum atomic E-state index is 12.4. The van der Waals surface area contributed by atoms with E-state index in [1.54, 1.807) is 0 Å². The molecule has 1 aromatic heterocycles. The molecule has 2 rings (SSSR count). The highest BCUT2D eigenvalue weighted by atomic mass is 32.1. The zero-order valence-corrected chi connectivity index (χ0v) is 15.5. The Morgan fingerprint density at radius 2 is 1.91 bits per heavy atom. The Morgan fingerprint density at radius 1 is 1.26 bits per heavy atom. The van der Waals surface area contributed by atoms with Gasteiger partial charge in [0.2, 0.25) is 0 Å². The molecule has 23 heavy (non-hydrogen) atoms. The molecule has 0 aromatic carbocycles. The van der Waals surface area contributed by atoms with E-state index in [0.29, 0.717) is 18.0 Å². The summed E-state index contributed by atoms with van der Waals surface area (Å²) in [6.45, 7) is 12.1. The van der Waals surface area contributed by atoms with Gasteiger partial charge in [0, 0.05) is 12.0 Å². The van der Waals surface area contributed by atoms with Gasteiger partial charge < -0.3 is 4.74 Å². The monoisotopic (exact) mass is 339 g/mol. The van der Waals surface area contributed by atoms with Crippen LogP contribution in [0.1, 0.15) is 58.8 Å². The second-order valence-electron chi connectivity index (χ2n) is 7.88. The van der Waals surface area contributed by atoms with Crippen LogP contribution < -0.4 is 0 Å². The molecule has 1 atom stereocenters.